The highest BCUT2D eigenvalue weighted by Crippen LogP contribution is 2.18. The number of benzene rings is 1. The quantitative estimate of drug-likeness (QED) is 0.596. The van der Waals surface area contributed by atoms with Gasteiger partial charge in [-0.2, -0.15) is 0 Å². The van der Waals surface area contributed by atoms with Gasteiger partial charge in [0.15, 0.2) is 0 Å². The minimum atomic E-state index is -0.185. The number of rotatable bonds is 6. The Hall–Kier alpha value is -2.03. The second-order valence-electron chi connectivity index (χ2n) is 3.94. The van der Waals surface area contributed by atoms with Crippen LogP contribution in [0.1, 0.15) is 22.3 Å². The highest BCUT2D eigenvalue weighted by molar-refractivity contribution is 5.94. The predicted molar refractivity (Wildman–Crippen MR) is 75.8 cm³/mol. The van der Waals surface area contributed by atoms with Crippen LogP contribution in [0.4, 0.5) is 0 Å². The van der Waals surface area contributed by atoms with Crippen LogP contribution in [0.3, 0.4) is 0 Å². The Labute approximate surface area is 118 Å². The molecule has 0 saturated heterocycles. The normalized spacial score (nSPS) is 9.55. The van der Waals surface area contributed by atoms with Crippen LogP contribution < -0.4 is 10.1 Å². The van der Waals surface area contributed by atoms with E-state index in [1.54, 1.807) is 32.4 Å². The Morgan fingerprint density at radius 1 is 1.40 bits per heavy atom. The summed E-state index contributed by atoms with van der Waals surface area (Å²) in [6.45, 7) is 0.921. The van der Waals surface area contributed by atoms with Crippen molar-refractivity contribution in [3.63, 3.8) is 0 Å². The van der Waals surface area contributed by atoms with E-state index in [9.17, 15) is 4.79 Å². The van der Waals surface area contributed by atoms with Gasteiger partial charge in [0.1, 0.15) is 5.75 Å². The van der Waals surface area contributed by atoms with Crippen molar-refractivity contribution < 1.29 is 19.4 Å². The molecule has 108 valence electrons. The van der Waals surface area contributed by atoms with Crippen LogP contribution in [0.5, 0.6) is 5.75 Å². The fourth-order valence-corrected chi connectivity index (χ4v) is 1.53. The van der Waals surface area contributed by atoms with Crippen molar-refractivity contribution in [2.45, 2.75) is 6.42 Å². The van der Waals surface area contributed by atoms with Gasteiger partial charge in [-0.05, 0) is 18.2 Å². The van der Waals surface area contributed by atoms with Crippen LogP contribution in [0.2, 0.25) is 0 Å². The molecule has 0 spiro atoms. The molecule has 0 aromatic heterocycles. The minimum Gasteiger partial charge on any atom is -0.495 e. The molecule has 5 nitrogen and oxygen atoms in total. The Kier molecular flexibility index (Phi) is 7.18. The summed E-state index contributed by atoms with van der Waals surface area (Å²) < 4.78 is 10.1. The van der Waals surface area contributed by atoms with Gasteiger partial charge < -0.3 is 19.9 Å². The number of aliphatic hydroxyl groups excluding tert-OH is 1. The molecule has 0 aliphatic rings. The van der Waals surface area contributed by atoms with Crippen LogP contribution in [0.25, 0.3) is 0 Å². The molecule has 0 heterocycles. The largest absolute Gasteiger partial charge is 0.495 e. The van der Waals surface area contributed by atoms with E-state index < -0.39 is 0 Å². The van der Waals surface area contributed by atoms with Crippen molar-refractivity contribution >= 4 is 5.91 Å². The molecule has 0 saturated carbocycles. The molecule has 20 heavy (non-hydrogen) atoms. The lowest BCUT2D eigenvalue weighted by molar-refractivity contribution is 0.0937. The average Bonchev–Trinajstić information content (AvgIpc) is 2.47. The third-order valence-corrected chi connectivity index (χ3v) is 2.51. The highest BCUT2D eigenvalue weighted by Gasteiger charge is 2.08. The van der Waals surface area contributed by atoms with E-state index in [-0.39, 0.29) is 12.5 Å². The zero-order chi connectivity index (χ0) is 14.8. The number of aliphatic hydroxyl groups is 1. The Morgan fingerprint density at radius 3 is 2.85 bits per heavy atom. The summed E-state index contributed by atoms with van der Waals surface area (Å²) in [4.78, 5) is 11.9. The molecule has 0 atom stereocenters. The standard InChI is InChI=1S/C15H19NO4/c1-19-10-8-16-15(18)13-6-7-14(20-2)12(11-13)5-3-4-9-17/h6-7,11,17H,4,8-10H2,1-2H3,(H,16,18). The lowest BCUT2D eigenvalue weighted by Gasteiger charge is -2.07. The molecule has 1 aromatic carbocycles. The van der Waals surface area contributed by atoms with E-state index in [0.717, 1.165) is 0 Å². The van der Waals surface area contributed by atoms with Crippen molar-refractivity contribution in [3.8, 4) is 17.6 Å². The lowest BCUT2D eigenvalue weighted by Crippen LogP contribution is -2.26. The third kappa shape index (κ3) is 4.92. The fourth-order valence-electron chi connectivity index (χ4n) is 1.53. The van der Waals surface area contributed by atoms with Crippen molar-refractivity contribution in [1.82, 2.24) is 5.32 Å². The first kappa shape index (κ1) is 16.0. The van der Waals surface area contributed by atoms with Gasteiger partial charge in [-0.15, -0.1) is 0 Å². The van der Waals surface area contributed by atoms with Gasteiger partial charge in [0.05, 0.1) is 25.9 Å². The minimum absolute atomic E-state index is 0.00646. The first-order valence-corrected chi connectivity index (χ1v) is 6.27. The van der Waals surface area contributed by atoms with Crippen molar-refractivity contribution in [1.29, 1.82) is 0 Å². The van der Waals surface area contributed by atoms with Crippen molar-refractivity contribution in [2.24, 2.45) is 0 Å². The summed E-state index contributed by atoms with van der Waals surface area (Å²) in [7, 11) is 3.12. The number of ether oxygens (including phenoxy) is 2. The van der Waals surface area contributed by atoms with Crippen LogP contribution in [0.15, 0.2) is 18.2 Å². The number of methoxy groups -OCH3 is 2. The maximum atomic E-state index is 11.9. The van der Waals surface area contributed by atoms with E-state index in [1.165, 1.54) is 0 Å². The second-order valence-corrected chi connectivity index (χ2v) is 3.94. The molecular weight excluding hydrogens is 258 g/mol. The van der Waals surface area contributed by atoms with Gasteiger partial charge >= 0.3 is 0 Å². The molecule has 0 unspecified atom stereocenters. The van der Waals surface area contributed by atoms with E-state index >= 15 is 0 Å². The first-order chi connectivity index (χ1) is 9.72. The van der Waals surface area contributed by atoms with Gasteiger partial charge in [-0.25, -0.2) is 0 Å². The topological polar surface area (TPSA) is 67.8 Å². The summed E-state index contributed by atoms with van der Waals surface area (Å²) in [5.41, 5.74) is 1.13. The lowest BCUT2D eigenvalue weighted by atomic mass is 10.1. The molecule has 5 heteroatoms. The molecule has 0 radical (unpaired) electrons. The SMILES string of the molecule is COCCNC(=O)c1ccc(OC)c(C#CCCO)c1. The molecular formula is C15H19NO4. The molecule has 1 rings (SSSR count). The third-order valence-electron chi connectivity index (χ3n) is 2.51. The smallest absolute Gasteiger partial charge is 0.251 e. The maximum Gasteiger partial charge on any atom is 0.251 e. The predicted octanol–water partition coefficient (Wildman–Crippen LogP) is 0.805. The molecule has 1 amide bonds. The fraction of sp³-hybridized carbons (Fsp3) is 0.400. The zero-order valence-corrected chi connectivity index (χ0v) is 11.7. The van der Waals surface area contributed by atoms with Crippen molar-refractivity contribution in [3.05, 3.63) is 29.3 Å². The number of carbonyl (C=O) groups is 1. The van der Waals surface area contributed by atoms with Gasteiger partial charge in [-0.3, -0.25) is 4.79 Å². The molecule has 0 aliphatic heterocycles. The van der Waals surface area contributed by atoms with E-state index in [1.807, 2.05) is 0 Å². The van der Waals surface area contributed by atoms with Crippen LogP contribution >= 0.6 is 0 Å². The summed E-state index contributed by atoms with van der Waals surface area (Å²) in [6.07, 6.45) is 0.382. The summed E-state index contributed by atoms with van der Waals surface area (Å²) >= 11 is 0. The first-order valence-electron chi connectivity index (χ1n) is 6.27. The van der Waals surface area contributed by atoms with E-state index in [0.29, 0.717) is 36.4 Å². The summed E-state index contributed by atoms with van der Waals surface area (Å²) in [6, 6.07) is 5.05. The van der Waals surface area contributed by atoms with Crippen LogP contribution in [-0.4, -0.2) is 45.0 Å². The van der Waals surface area contributed by atoms with Crippen molar-refractivity contribution in [2.75, 3.05) is 34.0 Å². The molecule has 1 aromatic rings. The van der Waals surface area contributed by atoms with Gasteiger partial charge in [0.2, 0.25) is 0 Å². The Balaban J connectivity index is 2.86. The number of nitrogens with one attached hydrogen (secondary N) is 1. The molecule has 2 N–H and O–H groups in total. The molecule has 0 bridgehead atoms. The van der Waals surface area contributed by atoms with Gasteiger partial charge in [-0.1, -0.05) is 11.8 Å². The monoisotopic (exact) mass is 277 g/mol. The number of carbonyl (C=O) groups excluding carboxylic acids is 1. The van der Waals surface area contributed by atoms with Crippen LogP contribution in [-0.2, 0) is 4.74 Å². The summed E-state index contributed by atoms with van der Waals surface area (Å²) in [5.74, 6) is 6.12. The molecule has 0 aliphatic carbocycles. The second kappa shape index (κ2) is 8.97. The van der Waals surface area contributed by atoms with E-state index in [2.05, 4.69) is 17.2 Å². The number of amides is 1. The highest BCUT2D eigenvalue weighted by atomic mass is 16.5. The Morgan fingerprint density at radius 2 is 2.20 bits per heavy atom. The number of hydrogen-bond acceptors (Lipinski definition) is 4. The van der Waals surface area contributed by atoms with Crippen LogP contribution in [0, 0.1) is 11.8 Å². The summed E-state index contributed by atoms with van der Waals surface area (Å²) in [5, 5.41) is 11.5. The van der Waals surface area contributed by atoms with E-state index in [4.69, 9.17) is 14.6 Å². The maximum absolute atomic E-state index is 11.9. The molecule has 0 fully saturated rings. The average molecular weight is 277 g/mol. The van der Waals surface area contributed by atoms with Gasteiger partial charge in [0, 0.05) is 25.6 Å². The Bertz CT molecular complexity index is 502. The zero-order valence-electron chi connectivity index (χ0n) is 11.7. The van der Waals surface area contributed by atoms with Gasteiger partial charge in [0.25, 0.3) is 5.91 Å². The number of hydrogen-bond donors (Lipinski definition) is 2.